The third-order valence-electron chi connectivity index (χ3n) is 4.02. The first kappa shape index (κ1) is 15.9. The Hall–Kier alpha value is -2.28. The molecule has 126 valence electrons. The van der Waals surface area contributed by atoms with E-state index in [-0.39, 0.29) is 0 Å². The summed E-state index contributed by atoms with van der Waals surface area (Å²) >= 11 is 5.19. The van der Waals surface area contributed by atoms with Gasteiger partial charge in [0.25, 0.3) is 0 Å². The number of rotatable bonds is 4. The summed E-state index contributed by atoms with van der Waals surface area (Å²) in [7, 11) is 0. The summed E-state index contributed by atoms with van der Waals surface area (Å²) in [6.45, 7) is 0. The third kappa shape index (κ3) is 3.00. The van der Waals surface area contributed by atoms with Gasteiger partial charge in [-0.1, -0.05) is 54.2 Å². The fraction of sp³-hybridized carbons (Fsp3) is 0.0500. The zero-order valence-corrected chi connectivity index (χ0v) is 16.1. The molecule has 0 aliphatic carbocycles. The van der Waals surface area contributed by atoms with Crippen molar-refractivity contribution in [2.24, 2.45) is 0 Å². The van der Waals surface area contributed by atoms with Crippen LogP contribution in [0.5, 0.6) is 0 Å². The number of thioether (sulfide) groups is 1. The molecule has 6 heteroatoms. The van der Waals surface area contributed by atoms with Crippen LogP contribution in [0, 0.1) is 0 Å². The van der Waals surface area contributed by atoms with E-state index in [2.05, 4.69) is 58.5 Å². The molecular formula is C20H13N3S3. The summed E-state index contributed by atoms with van der Waals surface area (Å²) in [5.41, 5.74) is 2.29. The van der Waals surface area contributed by atoms with Crippen molar-refractivity contribution < 1.29 is 0 Å². The van der Waals surface area contributed by atoms with E-state index in [1.807, 2.05) is 12.1 Å². The molecule has 3 heterocycles. The average Bonchev–Trinajstić information content (AvgIpc) is 3.31. The maximum absolute atomic E-state index is 4.72. The Bertz CT molecular complexity index is 1160. The maximum atomic E-state index is 4.72. The van der Waals surface area contributed by atoms with Crippen molar-refractivity contribution in [3.05, 3.63) is 72.0 Å². The monoisotopic (exact) mass is 391 g/mol. The normalized spacial score (nSPS) is 11.4. The van der Waals surface area contributed by atoms with Crippen LogP contribution in [-0.2, 0) is 5.75 Å². The van der Waals surface area contributed by atoms with Gasteiger partial charge >= 0.3 is 0 Å². The topological polar surface area (TPSA) is 38.7 Å². The highest BCUT2D eigenvalue weighted by atomic mass is 32.2. The van der Waals surface area contributed by atoms with E-state index < -0.39 is 0 Å². The van der Waals surface area contributed by atoms with Crippen LogP contribution in [-0.4, -0.2) is 15.0 Å². The summed E-state index contributed by atoms with van der Waals surface area (Å²) in [6.07, 6.45) is 1.66. The molecule has 0 N–H and O–H groups in total. The summed E-state index contributed by atoms with van der Waals surface area (Å²) in [5.74, 6) is 0.821. The van der Waals surface area contributed by atoms with Crippen molar-refractivity contribution in [1.29, 1.82) is 0 Å². The van der Waals surface area contributed by atoms with Gasteiger partial charge in [0.15, 0.2) is 0 Å². The van der Waals surface area contributed by atoms with E-state index in [0.29, 0.717) is 0 Å². The fourth-order valence-corrected chi connectivity index (χ4v) is 5.81. The van der Waals surface area contributed by atoms with Crippen LogP contribution in [0.2, 0.25) is 0 Å². The van der Waals surface area contributed by atoms with Gasteiger partial charge in [0.05, 0.1) is 16.0 Å². The van der Waals surface area contributed by atoms with Crippen LogP contribution in [0.4, 0.5) is 0 Å². The molecular weight excluding hydrogens is 378 g/mol. The molecule has 0 spiro atoms. The molecule has 26 heavy (non-hydrogen) atoms. The molecule has 2 aromatic carbocycles. The van der Waals surface area contributed by atoms with E-state index in [4.69, 9.17) is 4.98 Å². The van der Waals surface area contributed by atoms with Crippen molar-refractivity contribution in [1.82, 2.24) is 15.0 Å². The van der Waals surface area contributed by atoms with E-state index in [9.17, 15) is 0 Å². The molecule has 0 radical (unpaired) electrons. The Morgan fingerprint density at radius 2 is 1.73 bits per heavy atom. The van der Waals surface area contributed by atoms with Crippen LogP contribution >= 0.6 is 34.4 Å². The van der Waals surface area contributed by atoms with Gasteiger partial charge in [-0.25, -0.2) is 15.0 Å². The second-order valence-corrected chi connectivity index (χ2v) is 8.85. The molecule has 5 aromatic rings. The number of aromatic nitrogens is 3. The first-order chi connectivity index (χ1) is 12.9. The second kappa shape index (κ2) is 6.79. The summed E-state index contributed by atoms with van der Waals surface area (Å²) in [5, 5.41) is 3.27. The Balaban J connectivity index is 1.46. The molecule has 0 amide bonds. The van der Waals surface area contributed by atoms with Gasteiger partial charge in [-0.2, -0.15) is 0 Å². The van der Waals surface area contributed by atoms with Crippen LogP contribution in [0.25, 0.3) is 30.9 Å². The lowest BCUT2D eigenvalue weighted by atomic mass is 10.2. The van der Waals surface area contributed by atoms with Gasteiger partial charge in [-0.3, -0.25) is 0 Å². The van der Waals surface area contributed by atoms with Gasteiger partial charge in [-0.15, -0.1) is 22.7 Å². The third-order valence-corrected chi connectivity index (χ3v) is 7.35. The molecule has 0 bridgehead atoms. The minimum Gasteiger partial charge on any atom is -0.240 e. The summed E-state index contributed by atoms with van der Waals surface area (Å²) in [6, 6.07) is 20.9. The first-order valence-electron chi connectivity index (χ1n) is 8.14. The highest BCUT2D eigenvalue weighted by molar-refractivity contribution is 7.98. The fourth-order valence-electron chi connectivity index (χ4n) is 2.81. The molecule has 3 aromatic heterocycles. The number of thiazole rings is 1. The number of thiophene rings is 1. The molecule has 0 unspecified atom stereocenters. The van der Waals surface area contributed by atoms with E-state index in [0.717, 1.165) is 31.5 Å². The Morgan fingerprint density at radius 3 is 2.62 bits per heavy atom. The quantitative estimate of drug-likeness (QED) is 0.268. The van der Waals surface area contributed by atoms with Crippen molar-refractivity contribution in [2.45, 2.75) is 10.8 Å². The number of hydrogen-bond acceptors (Lipinski definition) is 6. The minimum atomic E-state index is 0.821. The SMILES string of the molecule is c1ccc(-c2cc3c(SCc4nc5ccccc5s4)ncnc3s2)cc1. The van der Waals surface area contributed by atoms with E-state index in [1.54, 1.807) is 40.8 Å². The zero-order valence-electron chi connectivity index (χ0n) is 13.6. The van der Waals surface area contributed by atoms with Crippen molar-refractivity contribution in [2.75, 3.05) is 0 Å². The van der Waals surface area contributed by atoms with Crippen molar-refractivity contribution >= 4 is 54.9 Å². The lowest BCUT2D eigenvalue weighted by molar-refractivity contribution is 1.11. The molecule has 0 saturated heterocycles. The highest BCUT2D eigenvalue weighted by Crippen LogP contribution is 2.37. The lowest BCUT2D eigenvalue weighted by Gasteiger charge is -1.99. The number of para-hydroxylation sites is 1. The lowest BCUT2D eigenvalue weighted by Crippen LogP contribution is -1.84. The zero-order chi connectivity index (χ0) is 17.3. The van der Waals surface area contributed by atoms with Crippen LogP contribution < -0.4 is 0 Å². The van der Waals surface area contributed by atoms with Gasteiger partial charge in [-0.05, 0) is 23.8 Å². The molecule has 0 fully saturated rings. The number of hydrogen-bond donors (Lipinski definition) is 0. The Kier molecular flexibility index (Phi) is 4.16. The highest BCUT2D eigenvalue weighted by Gasteiger charge is 2.12. The van der Waals surface area contributed by atoms with Gasteiger partial charge in [0, 0.05) is 10.3 Å². The molecule has 0 atom stereocenters. The molecule has 0 saturated carbocycles. The van der Waals surface area contributed by atoms with Crippen molar-refractivity contribution in [3.63, 3.8) is 0 Å². The molecule has 0 aliphatic heterocycles. The van der Waals surface area contributed by atoms with Gasteiger partial charge in [0.1, 0.15) is 21.2 Å². The van der Waals surface area contributed by atoms with Crippen LogP contribution in [0.1, 0.15) is 5.01 Å². The van der Waals surface area contributed by atoms with Gasteiger partial charge < -0.3 is 0 Å². The number of nitrogens with zero attached hydrogens (tertiary/aromatic N) is 3. The van der Waals surface area contributed by atoms with Crippen LogP contribution in [0.15, 0.2) is 72.0 Å². The summed E-state index contributed by atoms with van der Waals surface area (Å²) in [4.78, 5) is 16.0. The first-order valence-corrected chi connectivity index (χ1v) is 10.8. The Morgan fingerprint density at radius 1 is 0.885 bits per heavy atom. The standard InChI is InChI=1S/C20H13N3S3/c1-2-6-13(7-3-1)17-10-14-19(21-12-22-20(14)26-17)24-11-18-23-15-8-4-5-9-16(15)25-18/h1-10,12H,11H2. The molecule has 3 nitrogen and oxygen atoms in total. The van der Waals surface area contributed by atoms with Gasteiger partial charge in [0.2, 0.25) is 0 Å². The minimum absolute atomic E-state index is 0.821. The summed E-state index contributed by atoms with van der Waals surface area (Å²) < 4.78 is 1.23. The van der Waals surface area contributed by atoms with Crippen LogP contribution in [0.3, 0.4) is 0 Å². The average molecular weight is 392 g/mol. The molecule has 0 aliphatic rings. The van der Waals surface area contributed by atoms with E-state index >= 15 is 0 Å². The predicted molar refractivity (Wildman–Crippen MR) is 112 cm³/mol. The largest absolute Gasteiger partial charge is 0.240 e. The smallest absolute Gasteiger partial charge is 0.128 e. The number of fused-ring (bicyclic) bond motifs is 2. The van der Waals surface area contributed by atoms with E-state index in [1.165, 1.54) is 15.1 Å². The molecule has 5 rings (SSSR count). The number of benzene rings is 2. The maximum Gasteiger partial charge on any atom is 0.128 e. The predicted octanol–water partition coefficient (Wildman–Crippen LogP) is 6.26. The Labute approximate surface area is 162 Å². The van der Waals surface area contributed by atoms with Crippen molar-refractivity contribution in [3.8, 4) is 10.4 Å². The second-order valence-electron chi connectivity index (χ2n) is 5.74.